The van der Waals surface area contributed by atoms with Crippen molar-refractivity contribution in [3.8, 4) is 0 Å². The van der Waals surface area contributed by atoms with Gasteiger partial charge in [-0.2, -0.15) is 0 Å². The molecule has 2 N–H and O–H groups in total. The molecule has 0 spiro atoms. The minimum absolute atomic E-state index is 0.686. The van der Waals surface area contributed by atoms with E-state index >= 15 is 0 Å². The van der Waals surface area contributed by atoms with Crippen molar-refractivity contribution in [1.29, 1.82) is 0 Å². The zero-order chi connectivity index (χ0) is 16.3. The SMILES string of the molecule is O=P(O)(O)[P+](c1ccccc1)(c1ccccc1)c1ccccc1. The Kier molecular flexibility index (Phi) is 4.48. The van der Waals surface area contributed by atoms with Gasteiger partial charge in [-0.1, -0.05) is 54.6 Å². The van der Waals surface area contributed by atoms with Gasteiger partial charge < -0.3 is 0 Å². The van der Waals surface area contributed by atoms with Crippen LogP contribution in [-0.2, 0) is 4.57 Å². The fourth-order valence-electron chi connectivity index (χ4n) is 2.83. The minimum atomic E-state index is -4.46. The predicted octanol–water partition coefficient (Wildman–Crippen LogP) is 3.07. The quantitative estimate of drug-likeness (QED) is 0.716. The fraction of sp³-hybridized carbons (Fsp3) is 0. The van der Waals surface area contributed by atoms with Gasteiger partial charge in [-0.05, 0) is 36.4 Å². The molecular formula is C18H17O3P2+. The van der Waals surface area contributed by atoms with E-state index in [-0.39, 0.29) is 0 Å². The molecule has 116 valence electrons. The second-order valence-corrected chi connectivity index (χ2v) is 12.4. The molecule has 0 fully saturated rings. The normalized spacial score (nSPS) is 12.1. The fourth-order valence-corrected chi connectivity index (χ4v) is 10.3. The maximum atomic E-state index is 12.8. The minimum Gasteiger partial charge on any atom is -0.294 e. The molecule has 3 nitrogen and oxygen atoms in total. The van der Waals surface area contributed by atoms with Crippen molar-refractivity contribution < 1.29 is 14.4 Å². The zero-order valence-corrected chi connectivity index (χ0v) is 14.1. The van der Waals surface area contributed by atoms with Crippen LogP contribution in [0, 0.1) is 0 Å². The lowest BCUT2D eigenvalue weighted by molar-refractivity contribution is 0.395. The van der Waals surface area contributed by atoms with Crippen LogP contribution in [0.4, 0.5) is 0 Å². The summed E-state index contributed by atoms with van der Waals surface area (Å²) in [4.78, 5) is 20.9. The second kappa shape index (κ2) is 6.39. The third-order valence-corrected chi connectivity index (χ3v) is 12.1. The van der Waals surface area contributed by atoms with Gasteiger partial charge in [0.2, 0.25) is 6.95 Å². The van der Waals surface area contributed by atoms with E-state index in [0.29, 0.717) is 15.9 Å². The van der Waals surface area contributed by atoms with E-state index in [1.807, 2.05) is 91.0 Å². The molecule has 0 radical (unpaired) electrons. The van der Waals surface area contributed by atoms with E-state index in [1.165, 1.54) is 0 Å². The molecule has 0 bridgehead atoms. The summed E-state index contributed by atoms with van der Waals surface area (Å²) in [6, 6.07) is 27.4. The number of rotatable bonds is 4. The van der Waals surface area contributed by atoms with Crippen LogP contribution in [0.2, 0.25) is 0 Å². The molecule has 0 aliphatic rings. The van der Waals surface area contributed by atoms with Crippen molar-refractivity contribution >= 4 is 30.1 Å². The average molecular weight is 343 g/mol. The molecule has 3 aromatic rings. The van der Waals surface area contributed by atoms with Crippen molar-refractivity contribution in [2.75, 3.05) is 0 Å². The zero-order valence-electron chi connectivity index (χ0n) is 12.4. The van der Waals surface area contributed by atoms with Gasteiger partial charge in [-0.25, -0.2) is 4.57 Å². The first-order valence-corrected chi connectivity index (χ1v) is 11.3. The summed E-state index contributed by atoms with van der Waals surface area (Å²) >= 11 is 0. The Bertz CT molecular complexity index is 718. The molecular weight excluding hydrogens is 326 g/mol. The smallest absolute Gasteiger partial charge is 0.294 e. The summed E-state index contributed by atoms with van der Waals surface area (Å²) in [7, 11) is -4.46. The van der Waals surface area contributed by atoms with Gasteiger partial charge >= 0.3 is 7.28 Å². The first-order chi connectivity index (χ1) is 11.1. The van der Waals surface area contributed by atoms with Gasteiger partial charge in [0.25, 0.3) is 0 Å². The van der Waals surface area contributed by atoms with E-state index in [1.54, 1.807) is 0 Å². The van der Waals surface area contributed by atoms with Crippen molar-refractivity contribution in [1.82, 2.24) is 0 Å². The van der Waals surface area contributed by atoms with Crippen LogP contribution in [0.25, 0.3) is 0 Å². The Balaban J connectivity index is 2.44. The Morgan fingerprint density at radius 2 is 0.826 bits per heavy atom. The third kappa shape index (κ3) is 2.78. The summed E-state index contributed by atoms with van der Waals surface area (Å²) in [5, 5.41) is 2.06. The monoisotopic (exact) mass is 343 g/mol. The van der Waals surface area contributed by atoms with Gasteiger partial charge in [0.15, 0.2) is 0 Å². The molecule has 0 amide bonds. The first kappa shape index (κ1) is 16.1. The molecule has 23 heavy (non-hydrogen) atoms. The molecule has 0 unspecified atom stereocenters. The Hall–Kier alpha value is -1.76. The van der Waals surface area contributed by atoms with Gasteiger partial charge in [-0.15, -0.1) is 0 Å². The lowest BCUT2D eigenvalue weighted by Gasteiger charge is -2.26. The summed E-state index contributed by atoms with van der Waals surface area (Å²) < 4.78 is 12.8. The van der Waals surface area contributed by atoms with Crippen LogP contribution in [0.3, 0.4) is 0 Å². The summed E-state index contributed by atoms with van der Waals surface area (Å²) in [6.07, 6.45) is 0. The Labute approximate surface area is 136 Å². The third-order valence-electron chi connectivity index (χ3n) is 3.78. The van der Waals surface area contributed by atoms with Crippen LogP contribution in [0.5, 0.6) is 0 Å². The Morgan fingerprint density at radius 1 is 0.565 bits per heavy atom. The van der Waals surface area contributed by atoms with Crippen LogP contribution < -0.4 is 15.9 Å². The maximum Gasteiger partial charge on any atom is 0.480 e. The average Bonchev–Trinajstić information content (AvgIpc) is 2.57. The first-order valence-electron chi connectivity index (χ1n) is 7.19. The lowest BCUT2D eigenvalue weighted by atomic mass is 10.4. The second-order valence-electron chi connectivity index (χ2n) is 5.16. The molecule has 0 saturated carbocycles. The van der Waals surface area contributed by atoms with Crippen LogP contribution in [0.1, 0.15) is 0 Å². The van der Waals surface area contributed by atoms with E-state index in [9.17, 15) is 14.4 Å². The highest BCUT2D eigenvalue weighted by Crippen LogP contribution is 2.82. The molecule has 0 aromatic heterocycles. The molecule has 3 aromatic carbocycles. The highest BCUT2D eigenvalue weighted by atomic mass is 32.1. The molecule has 0 atom stereocenters. The lowest BCUT2D eigenvalue weighted by Crippen LogP contribution is -2.30. The topological polar surface area (TPSA) is 57.5 Å². The Morgan fingerprint density at radius 3 is 1.04 bits per heavy atom. The van der Waals surface area contributed by atoms with Crippen molar-refractivity contribution in [2.24, 2.45) is 0 Å². The summed E-state index contributed by atoms with van der Waals surface area (Å²) in [5.41, 5.74) is 0. The number of hydrogen-bond donors (Lipinski definition) is 2. The van der Waals surface area contributed by atoms with Crippen LogP contribution >= 0.6 is 14.2 Å². The standard InChI is InChI=1S/C18H16O3P2/c19-23(20,21)22(16-10-4-1-5-11-16,17-12-6-2-7-13-17)18-14-8-3-9-15-18/h1-15H,(H-,19,20,21)/p+1. The molecule has 0 saturated heterocycles. The maximum absolute atomic E-state index is 12.8. The van der Waals surface area contributed by atoms with Crippen molar-refractivity contribution in [3.63, 3.8) is 0 Å². The highest BCUT2D eigenvalue weighted by molar-refractivity contribution is 8.47. The number of benzene rings is 3. The van der Waals surface area contributed by atoms with Gasteiger partial charge in [-0.3, -0.25) is 9.79 Å². The molecule has 3 rings (SSSR count). The van der Waals surface area contributed by atoms with E-state index in [4.69, 9.17) is 0 Å². The number of hydrogen-bond acceptors (Lipinski definition) is 1. The van der Waals surface area contributed by atoms with Crippen LogP contribution in [0.15, 0.2) is 91.0 Å². The van der Waals surface area contributed by atoms with Gasteiger partial charge in [0.1, 0.15) is 15.9 Å². The molecule has 0 aliphatic heterocycles. The van der Waals surface area contributed by atoms with Crippen molar-refractivity contribution in [2.45, 2.75) is 0 Å². The summed E-state index contributed by atoms with van der Waals surface area (Å²) in [6.45, 7) is -3.07. The van der Waals surface area contributed by atoms with E-state index in [0.717, 1.165) is 0 Å². The predicted molar refractivity (Wildman–Crippen MR) is 97.2 cm³/mol. The molecule has 0 heterocycles. The largest absolute Gasteiger partial charge is 0.480 e. The molecule has 0 aliphatic carbocycles. The van der Waals surface area contributed by atoms with Gasteiger partial charge in [0.05, 0.1) is 0 Å². The van der Waals surface area contributed by atoms with E-state index < -0.39 is 14.2 Å². The highest BCUT2D eigenvalue weighted by Gasteiger charge is 2.61. The van der Waals surface area contributed by atoms with Crippen LogP contribution in [-0.4, -0.2) is 9.79 Å². The molecule has 5 heteroatoms. The van der Waals surface area contributed by atoms with E-state index in [2.05, 4.69) is 0 Å². The van der Waals surface area contributed by atoms with Crippen molar-refractivity contribution in [3.05, 3.63) is 91.0 Å². The van der Waals surface area contributed by atoms with Gasteiger partial charge in [0, 0.05) is 0 Å². The summed E-state index contributed by atoms with van der Waals surface area (Å²) in [5.74, 6) is 0.